The number of nitrogens with zero attached hydrogens (tertiary/aromatic N) is 1. The van der Waals surface area contributed by atoms with Crippen molar-refractivity contribution in [3.8, 4) is 0 Å². The van der Waals surface area contributed by atoms with Crippen molar-refractivity contribution < 1.29 is 4.79 Å². The van der Waals surface area contributed by atoms with Crippen LogP contribution < -0.4 is 0 Å². The minimum atomic E-state index is 0.347. The van der Waals surface area contributed by atoms with Gasteiger partial charge in [-0.05, 0) is 49.6 Å². The van der Waals surface area contributed by atoms with Gasteiger partial charge in [0, 0.05) is 17.3 Å². The van der Waals surface area contributed by atoms with E-state index in [1.165, 1.54) is 16.9 Å². The van der Waals surface area contributed by atoms with Crippen LogP contribution in [0.4, 0.5) is 0 Å². The van der Waals surface area contributed by atoms with Gasteiger partial charge in [0.1, 0.15) is 0 Å². The third kappa shape index (κ3) is 2.12. The van der Waals surface area contributed by atoms with Gasteiger partial charge in [-0.2, -0.15) is 0 Å². The van der Waals surface area contributed by atoms with Crippen molar-refractivity contribution in [1.29, 1.82) is 0 Å². The van der Waals surface area contributed by atoms with Crippen molar-refractivity contribution in [2.75, 3.05) is 0 Å². The first-order valence-corrected chi connectivity index (χ1v) is 7.64. The molecule has 2 atom stereocenters. The number of hydrogen-bond donors (Lipinski definition) is 0. The van der Waals surface area contributed by atoms with E-state index < -0.39 is 0 Å². The molecule has 3 heteroatoms. The Morgan fingerprint density at radius 3 is 3.11 bits per heavy atom. The number of fused-ring (bicyclic) bond motifs is 2. The lowest BCUT2D eigenvalue weighted by molar-refractivity contribution is -0.133. The molecule has 18 heavy (non-hydrogen) atoms. The van der Waals surface area contributed by atoms with Gasteiger partial charge >= 0.3 is 0 Å². The highest BCUT2D eigenvalue weighted by atomic mass is 32.1. The zero-order valence-electron chi connectivity index (χ0n) is 10.8. The van der Waals surface area contributed by atoms with E-state index in [0.717, 1.165) is 19.3 Å². The van der Waals surface area contributed by atoms with Crippen molar-refractivity contribution in [2.45, 2.75) is 51.1 Å². The highest BCUT2D eigenvalue weighted by Crippen LogP contribution is 2.32. The second-order valence-corrected chi connectivity index (χ2v) is 6.29. The van der Waals surface area contributed by atoms with Crippen molar-refractivity contribution in [1.82, 2.24) is 4.90 Å². The molecule has 0 N–H and O–H groups in total. The molecule has 1 aromatic rings. The van der Waals surface area contributed by atoms with Crippen LogP contribution in [-0.4, -0.2) is 22.9 Å². The fraction of sp³-hybridized carbons (Fsp3) is 0.533. The van der Waals surface area contributed by atoms with Crippen LogP contribution in [0.5, 0.6) is 0 Å². The van der Waals surface area contributed by atoms with E-state index in [-0.39, 0.29) is 0 Å². The second kappa shape index (κ2) is 4.88. The van der Waals surface area contributed by atoms with Gasteiger partial charge in [-0.15, -0.1) is 11.3 Å². The topological polar surface area (TPSA) is 20.3 Å². The molecule has 1 saturated heterocycles. The van der Waals surface area contributed by atoms with Crippen LogP contribution in [0, 0.1) is 6.92 Å². The molecule has 2 nitrogen and oxygen atoms in total. The summed E-state index contributed by atoms with van der Waals surface area (Å²) >= 11 is 1.77. The third-order valence-corrected chi connectivity index (χ3v) is 5.22. The maximum absolute atomic E-state index is 12.4. The smallest absolute Gasteiger partial charge is 0.223 e. The normalized spacial score (nSPS) is 25.7. The van der Waals surface area contributed by atoms with E-state index in [4.69, 9.17) is 0 Å². The maximum Gasteiger partial charge on any atom is 0.223 e. The van der Waals surface area contributed by atoms with E-state index in [2.05, 4.69) is 35.4 Å². The monoisotopic (exact) mass is 261 g/mol. The average Bonchev–Trinajstić information content (AvgIpc) is 2.88. The second-order valence-electron chi connectivity index (χ2n) is 5.29. The van der Waals surface area contributed by atoms with Crippen LogP contribution in [0.3, 0.4) is 0 Å². The first-order chi connectivity index (χ1) is 8.75. The molecule has 1 amide bonds. The van der Waals surface area contributed by atoms with Gasteiger partial charge in [-0.3, -0.25) is 4.79 Å². The summed E-state index contributed by atoms with van der Waals surface area (Å²) in [7, 11) is 0. The summed E-state index contributed by atoms with van der Waals surface area (Å²) < 4.78 is 0. The number of carbonyl (C=O) groups excluding carboxylic acids is 1. The fourth-order valence-corrected chi connectivity index (χ4v) is 4.03. The SMILES string of the molecule is Cc1ccsc1CCC(=O)N1C2C=CCC1CC2. The zero-order chi connectivity index (χ0) is 12.5. The molecule has 0 saturated carbocycles. The minimum Gasteiger partial charge on any atom is -0.333 e. The highest BCUT2D eigenvalue weighted by Gasteiger charge is 2.36. The number of rotatable bonds is 3. The third-order valence-electron chi connectivity index (χ3n) is 4.13. The van der Waals surface area contributed by atoms with Crippen molar-refractivity contribution in [3.63, 3.8) is 0 Å². The van der Waals surface area contributed by atoms with E-state index in [9.17, 15) is 4.79 Å². The molecule has 0 spiro atoms. The Labute approximate surface area is 112 Å². The molecule has 2 aliphatic rings. The van der Waals surface area contributed by atoms with Gasteiger partial charge in [-0.1, -0.05) is 12.2 Å². The quantitative estimate of drug-likeness (QED) is 0.764. The Hall–Kier alpha value is -1.09. The molecule has 3 heterocycles. The van der Waals surface area contributed by atoms with E-state index >= 15 is 0 Å². The lowest BCUT2D eigenvalue weighted by atomic mass is 10.1. The Morgan fingerprint density at radius 2 is 2.39 bits per heavy atom. The summed E-state index contributed by atoms with van der Waals surface area (Å²) in [5.74, 6) is 0.347. The van der Waals surface area contributed by atoms with Crippen LogP contribution in [0.25, 0.3) is 0 Å². The predicted molar refractivity (Wildman–Crippen MR) is 74.8 cm³/mol. The van der Waals surface area contributed by atoms with Crippen LogP contribution in [0.1, 0.15) is 36.1 Å². The highest BCUT2D eigenvalue weighted by molar-refractivity contribution is 7.10. The number of carbonyl (C=O) groups is 1. The summed E-state index contributed by atoms with van der Waals surface area (Å²) in [6, 6.07) is 3.01. The molecule has 0 radical (unpaired) electrons. The Morgan fingerprint density at radius 1 is 1.50 bits per heavy atom. The first kappa shape index (κ1) is 12.0. The molecule has 0 aliphatic carbocycles. The first-order valence-electron chi connectivity index (χ1n) is 6.76. The largest absolute Gasteiger partial charge is 0.333 e. The molecule has 3 rings (SSSR count). The van der Waals surface area contributed by atoms with Crippen LogP contribution >= 0.6 is 11.3 Å². The molecule has 96 valence electrons. The van der Waals surface area contributed by atoms with E-state index in [0.29, 0.717) is 24.4 Å². The number of amides is 1. The number of thiophene rings is 1. The molecular formula is C15H19NOS. The Balaban J connectivity index is 1.62. The number of hydrogen-bond acceptors (Lipinski definition) is 2. The molecule has 1 fully saturated rings. The van der Waals surface area contributed by atoms with E-state index in [1.807, 2.05) is 0 Å². The maximum atomic E-state index is 12.4. The van der Waals surface area contributed by atoms with Gasteiger partial charge in [0.05, 0.1) is 6.04 Å². The molecule has 2 unspecified atom stereocenters. The van der Waals surface area contributed by atoms with E-state index in [1.54, 1.807) is 11.3 Å². The van der Waals surface area contributed by atoms with Crippen molar-refractivity contribution in [3.05, 3.63) is 34.0 Å². The summed E-state index contributed by atoms with van der Waals surface area (Å²) in [5, 5.41) is 2.11. The van der Waals surface area contributed by atoms with Crippen molar-refractivity contribution in [2.24, 2.45) is 0 Å². The molecule has 1 aromatic heterocycles. The number of aryl methyl sites for hydroxylation is 2. The lowest BCUT2D eigenvalue weighted by Crippen LogP contribution is -2.42. The van der Waals surface area contributed by atoms with Gasteiger partial charge in [0.15, 0.2) is 0 Å². The Kier molecular flexibility index (Phi) is 3.25. The lowest BCUT2D eigenvalue weighted by Gasteiger charge is -2.31. The molecule has 0 aromatic carbocycles. The van der Waals surface area contributed by atoms with Gasteiger partial charge < -0.3 is 4.90 Å². The standard InChI is InChI=1S/C15H19NOS/c1-11-9-10-18-14(11)7-8-15(17)16-12-3-2-4-13(16)6-5-12/h2-3,9-10,12-13H,4-8H2,1H3. The van der Waals surface area contributed by atoms with Crippen molar-refractivity contribution >= 4 is 17.2 Å². The summed E-state index contributed by atoms with van der Waals surface area (Å²) in [6.07, 6.45) is 9.43. The zero-order valence-corrected chi connectivity index (χ0v) is 11.6. The predicted octanol–water partition coefficient (Wildman–Crippen LogP) is 3.31. The fourth-order valence-electron chi connectivity index (χ4n) is 3.12. The van der Waals surface area contributed by atoms with Crippen LogP contribution in [0.2, 0.25) is 0 Å². The van der Waals surface area contributed by atoms with Crippen LogP contribution in [0.15, 0.2) is 23.6 Å². The van der Waals surface area contributed by atoms with Gasteiger partial charge in [-0.25, -0.2) is 0 Å². The Bertz CT molecular complexity index is 477. The minimum absolute atomic E-state index is 0.347. The van der Waals surface area contributed by atoms with Gasteiger partial charge in [0.25, 0.3) is 0 Å². The summed E-state index contributed by atoms with van der Waals surface area (Å²) in [5.41, 5.74) is 1.33. The van der Waals surface area contributed by atoms with Gasteiger partial charge in [0.2, 0.25) is 5.91 Å². The summed E-state index contributed by atoms with van der Waals surface area (Å²) in [4.78, 5) is 15.9. The average molecular weight is 261 g/mol. The molecule has 2 bridgehead atoms. The van der Waals surface area contributed by atoms with Crippen LogP contribution in [-0.2, 0) is 11.2 Å². The molecular weight excluding hydrogens is 242 g/mol. The molecule has 2 aliphatic heterocycles. The summed E-state index contributed by atoms with van der Waals surface area (Å²) in [6.45, 7) is 2.13.